The van der Waals surface area contributed by atoms with Crippen molar-refractivity contribution in [1.29, 1.82) is 0 Å². The number of thioether (sulfide) groups is 1. The molecule has 1 atom stereocenters. The molecule has 2 N–H and O–H groups in total. The zero-order valence-electron chi connectivity index (χ0n) is 15.1. The Morgan fingerprint density at radius 2 is 1.96 bits per heavy atom. The summed E-state index contributed by atoms with van der Waals surface area (Å²) in [5, 5.41) is 6.49. The number of fused-ring (bicyclic) bond motifs is 1. The van der Waals surface area contributed by atoms with E-state index in [-0.39, 0.29) is 11.2 Å². The summed E-state index contributed by atoms with van der Waals surface area (Å²) in [6.07, 6.45) is 2.60. The summed E-state index contributed by atoms with van der Waals surface area (Å²) in [5.74, 6) is 1.43. The highest BCUT2D eigenvalue weighted by atomic mass is 32.2. The molecule has 6 heteroatoms. The molecule has 0 aliphatic carbocycles. The first-order valence-electron chi connectivity index (χ1n) is 8.64. The molecule has 1 aliphatic rings. The van der Waals surface area contributed by atoms with Gasteiger partial charge < -0.3 is 19.8 Å². The van der Waals surface area contributed by atoms with Gasteiger partial charge in [0.15, 0.2) is 0 Å². The van der Waals surface area contributed by atoms with E-state index < -0.39 is 0 Å². The monoisotopic (exact) mass is 380 g/mol. The van der Waals surface area contributed by atoms with Crippen LogP contribution in [0.2, 0.25) is 0 Å². The lowest BCUT2D eigenvalue weighted by Crippen LogP contribution is -2.38. The molecular formula is C21H20N2O3S. The van der Waals surface area contributed by atoms with Crippen LogP contribution in [0.25, 0.3) is 16.6 Å². The van der Waals surface area contributed by atoms with Crippen LogP contribution in [0.4, 0.5) is 0 Å². The van der Waals surface area contributed by atoms with Crippen LogP contribution in [0.1, 0.15) is 11.1 Å². The number of methoxy groups -OCH3 is 2. The lowest BCUT2D eigenvalue weighted by Gasteiger charge is -2.25. The molecule has 1 aromatic heterocycles. The van der Waals surface area contributed by atoms with Crippen LogP contribution in [-0.4, -0.2) is 30.4 Å². The van der Waals surface area contributed by atoms with Gasteiger partial charge in [0, 0.05) is 40.6 Å². The fourth-order valence-electron chi connectivity index (χ4n) is 3.30. The number of hydrogen-bond donors (Lipinski definition) is 2. The van der Waals surface area contributed by atoms with Crippen molar-refractivity contribution in [1.82, 2.24) is 10.3 Å². The number of hydrogen-bond acceptors (Lipinski definition) is 5. The molecule has 0 fully saturated rings. The molecule has 3 aromatic rings. The highest BCUT2D eigenvalue weighted by Gasteiger charge is 2.26. The predicted molar refractivity (Wildman–Crippen MR) is 109 cm³/mol. The molecule has 0 bridgehead atoms. The van der Waals surface area contributed by atoms with Crippen LogP contribution < -0.4 is 14.8 Å². The summed E-state index contributed by atoms with van der Waals surface area (Å²) >= 11 is 1.23. The Kier molecular flexibility index (Phi) is 4.81. The van der Waals surface area contributed by atoms with Crippen LogP contribution in [-0.2, 0) is 11.2 Å². The number of aromatic nitrogens is 1. The van der Waals surface area contributed by atoms with Gasteiger partial charge in [-0.25, -0.2) is 0 Å². The second kappa shape index (κ2) is 7.40. The summed E-state index contributed by atoms with van der Waals surface area (Å²) in [7, 11) is 3.25. The molecule has 2 heterocycles. The fraction of sp³-hybridized carbons (Fsp3) is 0.190. The van der Waals surface area contributed by atoms with Crippen molar-refractivity contribution in [2.24, 2.45) is 0 Å². The molecular weight excluding hydrogens is 360 g/mol. The SMILES string of the molecule is COc1ccc(C2=CSC(=O)C(Cc3c[nH]c4ccccc34)N2)c(OC)c1. The Morgan fingerprint density at radius 1 is 1.11 bits per heavy atom. The number of carbonyl (C=O) groups excluding carboxylic acids is 1. The third kappa shape index (κ3) is 3.40. The van der Waals surface area contributed by atoms with Gasteiger partial charge in [0.2, 0.25) is 5.12 Å². The van der Waals surface area contributed by atoms with E-state index in [0.29, 0.717) is 12.2 Å². The summed E-state index contributed by atoms with van der Waals surface area (Å²) in [6, 6.07) is 13.5. The minimum atomic E-state index is -0.305. The first-order chi connectivity index (χ1) is 13.2. The molecule has 1 unspecified atom stereocenters. The summed E-state index contributed by atoms with van der Waals surface area (Å²) in [4.78, 5) is 15.8. The van der Waals surface area contributed by atoms with Gasteiger partial charge in [-0.2, -0.15) is 0 Å². The van der Waals surface area contributed by atoms with Crippen molar-refractivity contribution in [2.75, 3.05) is 14.2 Å². The molecule has 0 amide bonds. The third-order valence-corrected chi connectivity index (χ3v) is 5.58. The summed E-state index contributed by atoms with van der Waals surface area (Å²) < 4.78 is 10.8. The van der Waals surface area contributed by atoms with Gasteiger partial charge in [0.05, 0.1) is 26.0 Å². The zero-order valence-corrected chi connectivity index (χ0v) is 15.9. The maximum Gasteiger partial charge on any atom is 0.215 e. The second-order valence-electron chi connectivity index (χ2n) is 6.30. The van der Waals surface area contributed by atoms with Crippen LogP contribution in [0.15, 0.2) is 54.1 Å². The number of aromatic amines is 1. The number of rotatable bonds is 5. The Labute approximate surface area is 161 Å². The van der Waals surface area contributed by atoms with Gasteiger partial charge >= 0.3 is 0 Å². The van der Waals surface area contributed by atoms with Gasteiger partial charge in [-0.3, -0.25) is 4.79 Å². The van der Waals surface area contributed by atoms with Gasteiger partial charge in [-0.15, -0.1) is 0 Å². The maximum absolute atomic E-state index is 12.5. The zero-order chi connectivity index (χ0) is 18.8. The van der Waals surface area contributed by atoms with E-state index >= 15 is 0 Å². The van der Waals surface area contributed by atoms with Gasteiger partial charge in [0.1, 0.15) is 11.5 Å². The van der Waals surface area contributed by atoms with Crippen LogP contribution in [0.5, 0.6) is 11.5 Å². The minimum Gasteiger partial charge on any atom is -0.497 e. The molecule has 138 valence electrons. The highest BCUT2D eigenvalue weighted by molar-refractivity contribution is 8.16. The van der Waals surface area contributed by atoms with E-state index in [1.807, 2.05) is 48.0 Å². The largest absolute Gasteiger partial charge is 0.497 e. The highest BCUT2D eigenvalue weighted by Crippen LogP contribution is 2.33. The minimum absolute atomic E-state index is 0.108. The van der Waals surface area contributed by atoms with Crippen LogP contribution in [0.3, 0.4) is 0 Å². The third-order valence-electron chi connectivity index (χ3n) is 4.71. The number of para-hydroxylation sites is 1. The van der Waals surface area contributed by atoms with Crippen molar-refractivity contribution in [3.63, 3.8) is 0 Å². The first kappa shape index (κ1) is 17.5. The average Bonchev–Trinajstić information content (AvgIpc) is 3.12. The number of nitrogens with one attached hydrogen (secondary N) is 2. The van der Waals surface area contributed by atoms with Crippen molar-refractivity contribution >= 4 is 33.5 Å². The van der Waals surface area contributed by atoms with Crippen molar-refractivity contribution in [2.45, 2.75) is 12.5 Å². The molecule has 27 heavy (non-hydrogen) atoms. The summed E-state index contributed by atoms with van der Waals surface area (Å²) in [6.45, 7) is 0. The van der Waals surface area contributed by atoms with Gasteiger partial charge in [0.25, 0.3) is 0 Å². The molecule has 0 radical (unpaired) electrons. The lowest BCUT2D eigenvalue weighted by atomic mass is 10.0. The van der Waals surface area contributed by atoms with Crippen molar-refractivity contribution in [3.05, 3.63) is 65.2 Å². The van der Waals surface area contributed by atoms with E-state index in [9.17, 15) is 4.79 Å². The smallest absolute Gasteiger partial charge is 0.215 e. The van der Waals surface area contributed by atoms with E-state index in [1.165, 1.54) is 11.8 Å². The molecule has 0 saturated carbocycles. The van der Waals surface area contributed by atoms with E-state index in [0.717, 1.165) is 33.5 Å². The fourth-order valence-corrected chi connectivity index (χ4v) is 4.03. The number of ether oxygens (including phenoxy) is 2. The summed E-state index contributed by atoms with van der Waals surface area (Å²) in [5.41, 5.74) is 3.99. The molecule has 5 nitrogen and oxygen atoms in total. The Balaban J connectivity index is 1.60. The predicted octanol–water partition coefficient (Wildman–Crippen LogP) is 3.96. The quantitative estimate of drug-likeness (QED) is 0.702. The van der Waals surface area contributed by atoms with Gasteiger partial charge in [-0.05, 0) is 23.8 Å². The van der Waals surface area contributed by atoms with Crippen molar-refractivity contribution in [3.8, 4) is 11.5 Å². The molecule has 0 spiro atoms. The van der Waals surface area contributed by atoms with Gasteiger partial charge in [-0.1, -0.05) is 30.0 Å². The molecule has 4 rings (SSSR count). The Hall–Kier alpha value is -2.86. The molecule has 1 aliphatic heterocycles. The van der Waals surface area contributed by atoms with Crippen molar-refractivity contribution < 1.29 is 14.3 Å². The average molecular weight is 380 g/mol. The normalized spacial score (nSPS) is 16.7. The molecule has 2 aromatic carbocycles. The number of carbonyl (C=O) groups is 1. The Bertz CT molecular complexity index is 1030. The standard InChI is InChI=1S/C21H20N2O3S/c1-25-14-7-8-16(20(10-14)26-2)19-12-27-21(24)18(23-19)9-13-11-22-17-6-4-3-5-15(13)17/h3-8,10-12,18,22-23H,9H2,1-2H3. The van der Waals surface area contributed by atoms with Crippen LogP contribution in [0, 0.1) is 0 Å². The molecule has 0 saturated heterocycles. The van der Waals surface area contributed by atoms with E-state index in [2.05, 4.69) is 16.4 Å². The second-order valence-corrected chi connectivity index (χ2v) is 7.17. The van der Waals surface area contributed by atoms with Crippen LogP contribution >= 0.6 is 11.8 Å². The topological polar surface area (TPSA) is 63.4 Å². The Morgan fingerprint density at radius 3 is 2.78 bits per heavy atom. The maximum atomic E-state index is 12.5. The van der Waals surface area contributed by atoms with E-state index in [4.69, 9.17) is 9.47 Å². The lowest BCUT2D eigenvalue weighted by molar-refractivity contribution is -0.112. The van der Waals surface area contributed by atoms with E-state index in [1.54, 1.807) is 14.2 Å². The first-order valence-corrected chi connectivity index (χ1v) is 9.52. The number of benzene rings is 2. The number of H-pyrrole nitrogens is 1.